The van der Waals surface area contributed by atoms with Crippen molar-refractivity contribution in [3.05, 3.63) is 88.0 Å². The first-order valence-electron chi connectivity index (χ1n) is 17.7. The third-order valence-corrected chi connectivity index (χ3v) is 10.5. The number of fused-ring (bicyclic) bond motifs is 2. The van der Waals surface area contributed by atoms with Gasteiger partial charge in [0.15, 0.2) is 0 Å². The van der Waals surface area contributed by atoms with Gasteiger partial charge < -0.3 is 19.2 Å². The smallest absolute Gasteiger partial charge is 0.330 e. The normalized spacial score (nSPS) is 19.3. The number of carbonyl (C=O) groups excluding carboxylic acids is 3. The third kappa shape index (κ3) is 7.43. The average molecular weight is 658 g/mol. The summed E-state index contributed by atoms with van der Waals surface area (Å²) in [7, 11) is 1.78. The van der Waals surface area contributed by atoms with Crippen LogP contribution >= 0.6 is 0 Å². The van der Waals surface area contributed by atoms with Crippen LogP contribution in [0.3, 0.4) is 0 Å². The molecule has 2 fully saturated rings. The Kier molecular flexibility index (Phi) is 10.1. The average Bonchev–Trinajstić information content (AvgIpc) is 3.72. The van der Waals surface area contributed by atoms with Gasteiger partial charge in [-0.3, -0.25) is 19.7 Å². The molecule has 7 rings (SSSR count). The van der Waals surface area contributed by atoms with E-state index in [-0.39, 0.29) is 24.1 Å². The minimum absolute atomic E-state index is 0.0991. The molecule has 0 aromatic heterocycles. The highest BCUT2D eigenvalue weighted by molar-refractivity contribution is 6.48. The fourth-order valence-electron chi connectivity index (χ4n) is 7.82. The van der Waals surface area contributed by atoms with Crippen molar-refractivity contribution in [2.24, 2.45) is 0 Å². The molecule has 3 aromatic rings. The van der Waals surface area contributed by atoms with Crippen LogP contribution in [0, 0.1) is 11.3 Å². The highest BCUT2D eigenvalue weighted by Gasteiger charge is 2.40. The van der Waals surface area contributed by atoms with E-state index in [1.807, 2.05) is 48.5 Å². The number of hydrogen-bond donors (Lipinski definition) is 1. The summed E-state index contributed by atoms with van der Waals surface area (Å²) in [6, 6.07) is 19.4. The largest absolute Gasteiger partial charge is 0.457 e. The predicted octanol–water partition coefficient (Wildman–Crippen LogP) is 5.26. The molecule has 3 aromatic carbocycles. The van der Waals surface area contributed by atoms with E-state index >= 15 is 0 Å². The number of likely N-dealkylation sites (tertiary alicyclic amines) is 1. The molecule has 49 heavy (non-hydrogen) atoms. The summed E-state index contributed by atoms with van der Waals surface area (Å²) in [6.45, 7) is 4.21. The van der Waals surface area contributed by atoms with E-state index in [0.29, 0.717) is 36.6 Å². The van der Waals surface area contributed by atoms with Crippen molar-refractivity contribution in [2.45, 2.75) is 89.3 Å². The molecule has 4 heterocycles. The zero-order chi connectivity index (χ0) is 33.7. The Bertz CT molecular complexity index is 1780. The Hall–Kier alpha value is -4.46. The maximum Gasteiger partial charge on any atom is 0.330 e. The van der Waals surface area contributed by atoms with Crippen molar-refractivity contribution in [3.8, 4) is 17.6 Å². The first-order chi connectivity index (χ1) is 24.0. The fraction of sp³-hybridized carbons (Fsp3) is 0.436. The topological polar surface area (TPSA) is 112 Å². The second-order valence-corrected chi connectivity index (χ2v) is 13.7. The van der Waals surface area contributed by atoms with Crippen LogP contribution in [0.1, 0.15) is 102 Å². The van der Waals surface area contributed by atoms with Crippen LogP contribution in [-0.4, -0.2) is 60.7 Å². The van der Waals surface area contributed by atoms with Crippen LogP contribution in [-0.2, 0) is 33.8 Å². The Morgan fingerprint density at radius 3 is 2.63 bits per heavy atom. The van der Waals surface area contributed by atoms with Crippen molar-refractivity contribution in [3.63, 3.8) is 0 Å². The van der Waals surface area contributed by atoms with E-state index in [1.165, 1.54) is 24.8 Å². The van der Waals surface area contributed by atoms with Crippen LogP contribution in [0.2, 0.25) is 0 Å². The minimum atomic E-state index is -0.580. The SMILES string of the molecule is N#Cc1ccc(Oc2ccc3c(c2)CO[B]3)c(CCCCCCCN2CCC(c3cccc4c3CN(C3CCC(=O)NC3=O)C4=O)CC2)c1. The first-order valence-corrected chi connectivity index (χ1v) is 17.7. The molecule has 1 N–H and O–H groups in total. The highest BCUT2D eigenvalue weighted by Crippen LogP contribution is 2.37. The molecule has 9 nitrogen and oxygen atoms in total. The van der Waals surface area contributed by atoms with Crippen molar-refractivity contribution < 1.29 is 23.8 Å². The number of aryl methyl sites for hydroxylation is 1. The number of piperidine rings is 2. The molecule has 0 saturated carbocycles. The number of imide groups is 1. The van der Waals surface area contributed by atoms with Gasteiger partial charge in [0.05, 0.1) is 18.2 Å². The van der Waals surface area contributed by atoms with Crippen molar-refractivity contribution >= 4 is 30.7 Å². The van der Waals surface area contributed by atoms with E-state index in [1.54, 1.807) is 12.4 Å². The molecular weight excluding hydrogens is 615 g/mol. The van der Waals surface area contributed by atoms with Gasteiger partial charge in [0, 0.05) is 18.5 Å². The number of rotatable bonds is 12. The minimum Gasteiger partial charge on any atom is -0.457 e. The van der Waals surface area contributed by atoms with Crippen LogP contribution in [0.25, 0.3) is 0 Å². The summed E-state index contributed by atoms with van der Waals surface area (Å²) < 4.78 is 11.7. The summed E-state index contributed by atoms with van der Waals surface area (Å²) in [5.74, 6) is 1.27. The molecule has 0 bridgehead atoms. The molecular formula is C39H42BN4O5. The molecule has 0 spiro atoms. The number of hydrogen-bond acceptors (Lipinski definition) is 7. The lowest BCUT2D eigenvalue weighted by Crippen LogP contribution is -2.52. The summed E-state index contributed by atoms with van der Waals surface area (Å²) in [5.41, 5.74) is 6.95. The lowest BCUT2D eigenvalue weighted by molar-refractivity contribution is -0.136. The monoisotopic (exact) mass is 657 g/mol. The molecule has 0 aliphatic carbocycles. The van der Waals surface area contributed by atoms with Crippen LogP contribution in [0.5, 0.6) is 11.5 Å². The molecule has 3 amide bonds. The summed E-state index contributed by atoms with van der Waals surface area (Å²) in [4.78, 5) is 41.6. The number of nitriles is 1. The molecule has 2 saturated heterocycles. The molecule has 4 aliphatic rings. The van der Waals surface area contributed by atoms with Crippen molar-refractivity contribution in [1.29, 1.82) is 5.26 Å². The Labute approximate surface area is 288 Å². The van der Waals surface area contributed by atoms with Gasteiger partial charge in [-0.25, -0.2) is 0 Å². The van der Waals surface area contributed by atoms with Crippen LogP contribution in [0.15, 0.2) is 54.6 Å². The van der Waals surface area contributed by atoms with E-state index < -0.39 is 6.04 Å². The van der Waals surface area contributed by atoms with Crippen LogP contribution < -0.4 is 15.5 Å². The third-order valence-electron chi connectivity index (χ3n) is 10.5. The first kappa shape index (κ1) is 33.1. The number of unbranched alkanes of at least 4 members (excludes halogenated alkanes) is 4. The maximum atomic E-state index is 13.3. The van der Waals surface area contributed by atoms with Crippen molar-refractivity contribution in [2.75, 3.05) is 19.6 Å². The Morgan fingerprint density at radius 1 is 0.959 bits per heavy atom. The highest BCUT2D eigenvalue weighted by atomic mass is 16.5. The van der Waals surface area contributed by atoms with Gasteiger partial charge in [0.25, 0.3) is 5.91 Å². The van der Waals surface area contributed by atoms with Gasteiger partial charge in [-0.2, -0.15) is 5.26 Å². The second-order valence-electron chi connectivity index (χ2n) is 13.7. The lowest BCUT2D eigenvalue weighted by Gasteiger charge is -2.33. The summed E-state index contributed by atoms with van der Waals surface area (Å²) in [5, 5.41) is 11.9. The molecule has 4 aliphatic heterocycles. The lowest BCUT2D eigenvalue weighted by atomic mass is 9.85. The van der Waals surface area contributed by atoms with Gasteiger partial charge >= 0.3 is 7.48 Å². The van der Waals surface area contributed by atoms with Crippen molar-refractivity contribution in [1.82, 2.24) is 15.1 Å². The number of nitrogens with one attached hydrogen (secondary N) is 1. The number of carbonyl (C=O) groups is 3. The zero-order valence-corrected chi connectivity index (χ0v) is 27.9. The van der Waals surface area contributed by atoms with E-state index in [2.05, 4.69) is 22.4 Å². The predicted molar refractivity (Wildman–Crippen MR) is 186 cm³/mol. The van der Waals surface area contributed by atoms with Gasteiger partial charge in [-0.05, 0) is 128 Å². The van der Waals surface area contributed by atoms with E-state index in [4.69, 9.17) is 9.39 Å². The van der Waals surface area contributed by atoms with Gasteiger partial charge in [0.2, 0.25) is 11.8 Å². The van der Waals surface area contributed by atoms with Gasteiger partial charge in [0.1, 0.15) is 17.5 Å². The van der Waals surface area contributed by atoms with Crippen LogP contribution in [0.4, 0.5) is 0 Å². The molecule has 1 radical (unpaired) electrons. The maximum absolute atomic E-state index is 13.3. The molecule has 1 unspecified atom stereocenters. The second kappa shape index (κ2) is 15.0. The quantitative estimate of drug-likeness (QED) is 0.161. The van der Waals surface area contributed by atoms with E-state index in [9.17, 15) is 19.6 Å². The summed E-state index contributed by atoms with van der Waals surface area (Å²) in [6.07, 6.45) is 9.39. The number of benzene rings is 3. The van der Waals surface area contributed by atoms with Gasteiger partial charge in [-0.15, -0.1) is 0 Å². The number of ether oxygens (including phenoxy) is 1. The molecule has 10 heteroatoms. The van der Waals surface area contributed by atoms with Gasteiger partial charge in [-0.1, -0.05) is 37.5 Å². The molecule has 1 atom stereocenters. The fourth-order valence-corrected chi connectivity index (χ4v) is 7.82. The Balaban J connectivity index is 0.836. The standard InChI is InChI=1S/C39H42BN4O5/c41-23-26-10-14-36(49-30-11-12-34-29(22-30)25-48-40-34)28(21-26)7-4-2-1-3-5-18-43-19-16-27(17-20-43)31-8-6-9-32-33(31)24-44(39(32)47)35-13-15-37(45)42-38(35)46/h6,8-12,14,21-22,27,35H,1-5,7,13,15-20,24-25H2,(H,42,45,46). The summed E-state index contributed by atoms with van der Waals surface area (Å²) >= 11 is 0. The Morgan fingerprint density at radius 2 is 1.80 bits per heavy atom. The number of amides is 3. The zero-order valence-electron chi connectivity index (χ0n) is 27.9. The van der Waals surface area contributed by atoms with E-state index in [0.717, 1.165) is 85.4 Å². The number of nitrogens with zero attached hydrogens (tertiary/aromatic N) is 3. The molecule has 251 valence electrons.